The normalized spacial score (nSPS) is 14.4. The van der Waals surface area contributed by atoms with Crippen molar-refractivity contribution in [2.45, 2.75) is 25.8 Å². The van der Waals surface area contributed by atoms with Gasteiger partial charge in [0.15, 0.2) is 0 Å². The maximum absolute atomic E-state index is 12.7. The summed E-state index contributed by atoms with van der Waals surface area (Å²) < 4.78 is 12.7. The minimum Gasteiger partial charge on any atom is -0.368 e. The summed E-state index contributed by atoms with van der Waals surface area (Å²) in [6.45, 7) is 4.31. The van der Waals surface area contributed by atoms with Gasteiger partial charge in [0.05, 0.1) is 5.54 Å². The molecule has 1 amide bonds. The molecule has 88 valence electrons. The van der Waals surface area contributed by atoms with Crippen molar-refractivity contribution in [3.05, 3.63) is 35.6 Å². The zero-order chi connectivity index (χ0) is 12.2. The van der Waals surface area contributed by atoms with Crippen molar-refractivity contribution in [2.24, 2.45) is 5.73 Å². The Labute approximate surface area is 94.8 Å². The highest BCUT2D eigenvalue weighted by molar-refractivity contribution is 5.84. The molecule has 0 heterocycles. The van der Waals surface area contributed by atoms with Crippen LogP contribution >= 0.6 is 0 Å². The van der Waals surface area contributed by atoms with Gasteiger partial charge < -0.3 is 11.1 Å². The van der Waals surface area contributed by atoms with Gasteiger partial charge in [-0.05, 0) is 37.6 Å². The van der Waals surface area contributed by atoms with Crippen LogP contribution in [0.3, 0.4) is 0 Å². The van der Waals surface area contributed by atoms with Crippen molar-refractivity contribution in [2.75, 3.05) is 6.54 Å². The van der Waals surface area contributed by atoms with E-state index in [0.717, 1.165) is 5.56 Å². The highest BCUT2D eigenvalue weighted by Crippen LogP contribution is 2.13. The number of nitrogens with one attached hydrogen (secondary N) is 1. The molecule has 4 heteroatoms. The number of halogens is 1. The molecule has 3 N–H and O–H groups in total. The number of hydrogen-bond acceptors (Lipinski definition) is 2. The second-order valence-electron chi connectivity index (χ2n) is 4.03. The molecule has 0 spiro atoms. The third kappa shape index (κ3) is 3.03. The van der Waals surface area contributed by atoms with Crippen LogP contribution in [0.25, 0.3) is 0 Å². The summed E-state index contributed by atoms with van der Waals surface area (Å²) in [5, 5.41) is 3.05. The Morgan fingerprint density at radius 1 is 1.44 bits per heavy atom. The molecule has 0 fully saturated rings. The standard InChI is InChI=1S/C12H17FN2O/c1-3-15-12(2,11(14)16)8-9-4-6-10(13)7-5-9/h4-7,15H,3,8H2,1-2H3,(H2,14,16). The van der Waals surface area contributed by atoms with Gasteiger partial charge in [0, 0.05) is 0 Å². The number of carbonyl (C=O) groups is 1. The number of likely N-dealkylation sites (N-methyl/N-ethyl adjacent to an activating group) is 1. The summed E-state index contributed by atoms with van der Waals surface area (Å²) >= 11 is 0. The lowest BCUT2D eigenvalue weighted by molar-refractivity contribution is -0.123. The lowest BCUT2D eigenvalue weighted by atomic mass is 9.92. The van der Waals surface area contributed by atoms with E-state index in [4.69, 9.17) is 5.73 Å². The molecule has 0 radical (unpaired) electrons. The van der Waals surface area contributed by atoms with E-state index in [9.17, 15) is 9.18 Å². The van der Waals surface area contributed by atoms with E-state index in [1.54, 1.807) is 19.1 Å². The average molecular weight is 224 g/mol. The molecule has 1 atom stereocenters. The summed E-state index contributed by atoms with van der Waals surface area (Å²) in [5.74, 6) is -0.688. The molecule has 1 aromatic rings. The van der Waals surface area contributed by atoms with Crippen molar-refractivity contribution in [1.29, 1.82) is 0 Å². The quantitative estimate of drug-likeness (QED) is 0.790. The van der Waals surface area contributed by atoms with Crippen LogP contribution in [0, 0.1) is 5.82 Å². The average Bonchev–Trinajstić information content (AvgIpc) is 2.22. The monoisotopic (exact) mass is 224 g/mol. The molecule has 3 nitrogen and oxygen atoms in total. The van der Waals surface area contributed by atoms with Gasteiger partial charge in [-0.15, -0.1) is 0 Å². The molecule has 0 aliphatic rings. The van der Waals surface area contributed by atoms with Gasteiger partial charge >= 0.3 is 0 Å². The number of amides is 1. The summed E-state index contributed by atoms with van der Waals surface area (Å²) in [5.41, 5.74) is 5.45. The van der Waals surface area contributed by atoms with Gasteiger partial charge in [0.1, 0.15) is 5.82 Å². The van der Waals surface area contributed by atoms with Crippen LogP contribution in [-0.4, -0.2) is 18.0 Å². The number of benzene rings is 1. The highest BCUT2D eigenvalue weighted by Gasteiger charge is 2.29. The fourth-order valence-electron chi connectivity index (χ4n) is 1.64. The van der Waals surface area contributed by atoms with Crippen LogP contribution in [0.5, 0.6) is 0 Å². The Balaban J connectivity index is 2.83. The van der Waals surface area contributed by atoms with Crippen molar-refractivity contribution in [3.63, 3.8) is 0 Å². The summed E-state index contributed by atoms with van der Waals surface area (Å²) in [4.78, 5) is 11.4. The predicted octanol–water partition coefficient (Wildman–Crippen LogP) is 1.22. The zero-order valence-corrected chi connectivity index (χ0v) is 9.59. The van der Waals surface area contributed by atoms with Crippen molar-refractivity contribution in [3.8, 4) is 0 Å². The third-order valence-electron chi connectivity index (χ3n) is 2.58. The van der Waals surface area contributed by atoms with Crippen LogP contribution in [0.2, 0.25) is 0 Å². The Morgan fingerprint density at radius 3 is 2.44 bits per heavy atom. The number of rotatable bonds is 5. The first-order valence-corrected chi connectivity index (χ1v) is 5.27. The smallest absolute Gasteiger partial charge is 0.237 e. The van der Waals surface area contributed by atoms with Crippen LogP contribution in [0.4, 0.5) is 4.39 Å². The van der Waals surface area contributed by atoms with Crippen LogP contribution in [0.1, 0.15) is 19.4 Å². The Bertz CT molecular complexity index is 364. The fourth-order valence-corrected chi connectivity index (χ4v) is 1.64. The number of nitrogens with two attached hydrogens (primary N) is 1. The second kappa shape index (κ2) is 5.07. The highest BCUT2D eigenvalue weighted by atomic mass is 19.1. The lowest BCUT2D eigenvalue weighted by Crippen LogP contribution is -2.54. The van der Waals surface area contributed by atoms with Crippen LogP contribution in [-0.2, 0) is 11.2 Å². The van der Waals surface area contributed by atoms with Gasteiger partial charge in [-0.3, -0.25) is 4.79 Å². The van der Waals surface area contributed by atoms with Gasteiger partial charge in [-0.2, -0.15) is 0 Å². The molecule has 0 saturated heterocycles. The van der Waals surface area contributed by atoms with Crippen molar-refractivity contribution >= 4 is 5.91 Å². The van der Waals surface area contributed by atoms with Gasteiger partial charge in [0.25, 0.3) is 0 Å². The largest absolute Gasteiger partial charge is 0.368 e. The van der Waals surface area contributed by atoms with Gasteiger partial charge in [0.2, 0.25) is 5.91 Å². The molecule has 0 bridgehead atoms. The maximum atomic E-state index is 12.7. The SMILES string of the molecule is CCNC(C)(Cc1ccc(F)cc1)C(N)=O. The number of carbonyl (C=O) groups excluding carboxylic acids is 1. The summed E-state index contributed by atoms with van der Waals surface area (Å²) in [6.07, 6.45) is 0.455. The van der Waals surface area contributed by atoms with E-state index in [-0.39, 0.29) is 5.82 Å². The number of hydrogen-bond donors (Lipinski definition) is 2. The molecule has 0 aliphatic carbocycles. The molecular formula is C12H17FN2O. The first kappa shape index (κ1) is 12.6. The lowest BCUT2D eigenvalue weighted by Gasteiger charge is -2.27. The van der Waals surface area contributed by atoms with Crippen molar-refractivity contribution < 1.29 is 9.18 Å². The molecule has 0 aliphatic heterocycles. The summed E-state index contributed by atoms with van der Waals surface area (Å²) in [6, 6.07) is 6.08. The molecule has 0 saturated carbocycles. The van der Waals surface area contributed by atoms with Gasteiger partial charge in [-0.25, -0.2) is 4.39 Å². The predicted molar refractivity (Wildman–Crippen MR) is 61.4 cm³/mol. The first-order chi connectivity index (χ1) is 7.48. The van der Waals surface area contributed by atoms with Crippen LogP contribution in [0.15, 0.2) is 24.3 Å². The molecule has 1 aromatic carbocycles. The number of primary amides is 1. The van der Waals surface area contributed by atoms with E-state index in [2.05, 4.69) is 5.32 Å². The van der Waals surface area contributed by atoms with Crippen LogP contribution < -0.4 is 11.1 Å². The fraction of sp³-hybridized carbons (Fsp3) is 0.417. The van der Waals surface area contributed by atoms with E-state index in [1.807, 2.05) is 6.92 Å². The Kier molecular flexibility index (Phi) is 4.01. The van der Waals surface area contributed by atoms with E-state index >= 15 is 0 Å². The van der Waals surface area contributed by atoms with E-state index in [0.29, 0.717) is 13.0 Å². The zero-order valence-electron chi connectivity index (χ0n) is 9.59. The van der Waals surface area contributed by atoms with Gasteiger partial charge in [-0.1, -0.05) is 19.1 Å². The first-order valence-electron chi connectivity index (χ1n) is 5.27. The topological polar surface area (TPSA) is 55.1 Å². The third-order valence-corrected chi connectivity index (χ3v) is 2.58. The molecule has 1 unspecified atom stereocenters. The molecular weight excluding hydrogens is 207 g/mol. The second-order valence-corrected chi connectivity index (χ2v) is 4.03. The van der Waals surface area contributed by atoms with E-state index in [1.165, 1.54) is 12.1 Å². The summed E-state index contributed by atoms with van der Waals surface area (Å²) in [7, 11) is 0. The maximum Gasteiger partial charge on any atom is 0.237 e. The Hall–Kier alpha value is -1.42. The molecule has 1 rings (SSSR count). The minimum atomic E-state index is -0.785. The minimum absolute atomic E-state index is 0.284. The Morgan fingerprint density at radius 2 is 2.00 bits per heavy atom. The van der Waals surface area contributed by atoms with Crippen molar-refractivity contribution in [1.82, 2.24) is 5.32 Å². The van der Waals surface area contributed by atoms with E-state index < -0.39 is 11.4 Å². The molecule has 16 heavy (non-hydrogen) atoms. The molecule has 0 aromatic heterocycles.